The summed E-state index contributed by atoms with van der Waals surface area (Å²) in [6.45, 7) is 0. The van der Waals surface area contributed by atoms with E-state index >= 15 is 0 Å². The molecule has 0 aliphatic carbocycles. The number of nitrogens with two attached hydrogens (primary N) is 1. The van der Waals surface area contributed by atoms with Gasteiger partial charge in [0.15, 0.2) is 0 Å². The van der Waals surface area contributed by atoms with Gasteiger partial charge in [-0.1, -0.05) is 0 Å². The van der Waals surface area contributed by atoms with Crippen molar-refractivity contribution >= 4 is 15.7 Å². The Hall–Kier alpha value is -1.04. The van der Waals surface area contributed by atoms with Crippen LogP contribution in [-0.2, 0) is 5.91 Å². The maximum atomic E-state index is 13.5. The molecule has 2 rings (SSSR count). The van der Waals surface area contributed by atoms with Crippen LogP contribution in [0.2, 0.25) is 0 Å². The molecular formula is C9H8B2FNO3. The summed E-state index contributed by atoms with van der Waals surface area (Å²) in [5, 5.41) is 18.6. The molecule has 0 spiro atoms. The van der Waals surface area contributed by atoms with Crippen LogP contribution in [0.1, 0.15) is 16.9 Å². The SMILES string of the molecule is [B]C1Oc2ccc(F)c(C(N)(O)O)c2C1[B]. The molecule has 1 aliphatic rings. The number of ether oxygens (including phenoxy) is 1. The molecule has 7 heteroatoms. The number of halogens is 1. The van der Waals surface area contributed by atoms with Crippen molar-refractivity contribution < 1.29 is 19.3 Å². The van der Waals surface area contributed by atoms with Gasteiger partial charge < -0.3 is 14.9 Å². The minimum absolute atomic E-state index is 0.0833. The third-order valence-corrected chi connectivity index (χ3v) is 2.47. The first-order valence-corrected chi connectivity index (χ1v) is 4.56. The zero-order valence-corrected chi connectivity index (χ0v) is 8.22. The van der Waals surface area contributed by atoms with E-state index in [2.05, 4.69) is 0 Å². The highest BCUT2D eigenvalue weighted by atomic mass is 19.1. The highest BCUT2D eigenvalue weighted by molar-refractivity contribution is 6.22. The molecular weight excluding hydrogens is 211 g/mol. The molecule has 4 N–H and O–H groups in total. The number of benzene rings is 1. The molecule has 0 saturated heterocycles. The van der Waals surface area contributed by atoms with Crippen LogP contribution in [0.25, 0.3) is 0 Å². The van der Waals surface area contributed by atoms with Gasteiger partial charge in [0.2, 0.25) is 0 Å². The average Bonchev–Trinajstić information content (AvgIpc) is 2.42. The van der Waals surface area contributed by atoms with Crippen molar-refractivity contribution in [2.45, 2.75) is 17.7 Å². The summed E-state index contributed by atoms with van der Waals surface area (Å²) in [6.07, 6.45) is 0. The Morgan fingerprint density at radius 2 is 2.00 bits per heavy atom. The highest BCUT2D eigenvalue weighted by Gasteiger charge is 2.37. The van der Waals surface area contributed by atoms with Gasteiger partial charge in [-0.25, -0.2) is 4.39 Å². The van der Waals surface area contributed by atoms with Crippen molar-refractivity contribution in [2.24, 2.45) is 5.73 Å². The van der Waals surface area contributed by atoms with E-state index in [1.54, 1.807) is 0 Å². The van der Waals surface area contributed by atoms with Gasteiger partial charge in [-0.3, -0.25) is 5.73 Å². The standard InChI is InChI=1S/C9H8B2FNO3/c10-7-5-4(16-8(7)11)2-1-3(12)6(5)9(13,14)15/h1-2,7-8,14-15H,13H2. The van der Waals surface area contributed by atoms with Crippen LogP contribution in [0, 0.1) is 5.82 Å². The molecule has 0 bridgehead atoms. The third-order valence-electron chi connectivity index (χ3n) is 2.47. The molecule has 0 amide bonds. The van der Waals surface area contributed by atoms with Gasteiger partial charge in [-0.05, 0) is 17.9 Å². The predicted octanol–water partition coefficient (Wildman–Crippen LogP) is -1.02. The van der Waals surface area contributed by atoms with E-state index in [4.69, 9.17) is 26.2 Å². The Labute approximate surface area is 94.0 Å². The second-order valence-corrected chi connectivity index (χ2v) is 3.67. The second-order valence-electron chi connectivity index (χ2n) is 3.67. The first-order valence-electron chi connectivity index (χ1n) is 4.56. The zero-order chi connectivity index (χ0) is 12.1. The van der Waals surface area contributed by atoms with Crippen molar-refractivity contribution in [3.8, 4) is 5.75 Å². The van der Waals surface area contributed by atoms with Crippen molar-refractivity contribution in [2.75, 3.05) is 0 Å². The fourth-order valence-electron chi connectivity index (χ4n) is 1.77. The Bertz CT molecular complexity index is 435. The van der Waals surface area contributed by atoms with E-state index in [1.807, 2.05) is 0 Å². The molecule has 2 atom stereocenters. The number of rotatable bonds is 1. The molecule has 80 valence electrons. The quantitative estimate of drug-likeness (QED) is 0.417. The number of hydrogen-bond donors (Lipinski definition) is 3. The average molecular weight is 219 g/mol. The molecule has 4 radical (unpaired) electrons. The van der Waals surface area contributed by atoms with E-state index in [1.165, 1.54) is 6.07 Å². The fourth-order valence-corrected chi connectivity index (χ4v) is 1.77. The fraction of sp³-hybridized carbons (Fsp3) is 0.333. The summed E-state index contributed by atoms with van der Waals surface area (Å²) in [7, 11) is 11.2. The number of aliphatic hydroxyl groups is 2. The molecule has 1 aliphatic heterocycles. The summed E-state index contributed by atoms with van der Waals surface area (Å²) in [5.41, 5.74) is 4.63. The van der Waals surface area contributed by atoms with E-state index in [9.17, 15) is 14.6 Å². The van der Waals surface area contributed by atoms with Gasteiger partial charge in [0.05, 0.1) is 19.4 Å². The first-order chi connectivity index (χ1) is 7.32. The van der Waals surface area contributed by atoms with Crippen LogP contribution >= 0.6 is 0 Å². The first kappa shape index (κ1) is 11.4. The van der Waals surface area contributed by atoms with Gasteiger partial charge in [0.25, 0.3) is 5.91 Å². The lowest BCUT2D eigenvalue weighted by atomic mass is 9.70. The minimum Gasteiger partial charge on any atom is -0.500 e. The Kier molecular flexibility index (Phi) is 2.49. The smallest absolute Gasteiger partial charge is 0.251 e. The molecule has 1 aromatic carbocycles. The summed E-state index contributed by atoms with van der Waals surface area (Å²) in [5.74, 6) is -4.35. The van der Waals surface area contributed by atoms with Crippen molar-refractivity contribution in [3.63, 3.8) is 0 Å². The van der Waals surface area contributed by atoms with Crippen LogP contribution in [0.4, 0.5) is 4.39 Å². The van der Waals surface area contributed by atoms with Crippen molar-refractivity contribution in [1.29, 1.82) is 0 Å². The van der Waals surface area contributed by atoms with Crippen LogP contribution in [0.5, 0.6) is 5.75 Å². The molecule has 2 unspecified atom stereocenters. The second kappa shape index (κ2) is 3.48. The Morgan fingerprint density at radius 1 is 1.38 bits per heavy atom. The van der Waals surface area contributed by atoms with Crippen LogP contribution in [-0.4, -0.2) is 31.9 Å². The van der Waals surface area contributed by atoms with Crippen LogP contribution < -0.4 is 10.5 Å². The van der Waals surface area contributed by atoms with E-state index < -0.39 is 29.1 Å². The van der Waals surface area contributed by atoms with E-state index in [0.717, 1.165) is 6.07 Å². The summed E-state index contributed by atoms with van der Waals surface area (Å²) in [4.78, 5) is 0. The highest BCUT2D eigenvalue weighted by Crippen LogP contribution is 2.40. The minimum atomic E-state index is -2.82. The molecule has 1 heterocycles. The van der Waals surface area contributed by atoms with Crippen LogP contribution in [0.15, 0.2) is 12.1 Å². The Balaban J connectivity index is 2.67. The predicted molar refractivity (Wildman–Crippen MR) is 55.4 cm³/mol. The molecule has 1 aromatic rings. The van der Waals surface area contributed by atoms with E-state index in [0.29, 0.717) is 0 Å². The summed E-state index contributed by atoms with van der Waals surface area (Å²) in [6, 6.07) is 1.46. The van der Waals surface area contributed by atoms with Crippen LogP contribution in [0.3, 0.4) is 0 Å². The zero-order valence-electron chi connectivity index (χ0n) is 8.22. The third kappa shape index (κ3) is 1.61. The van der Waals surface area contributed by atoms with Gasteiger partial charge in [-0.15, -0.1) is 0 Å². The van der Waals surface area contributed by atoms with Gasteiger partial charge in [0, 0.05) is 5.56 Å². The summed E-state index contributed by atoms with van der Waals surface area (Å²) >= 11 is 0. The van der Waals surface area contributed by atoms with Crippen molar-refractivity contribution in [3.05, 3.63) is 29.1 Å². The molecule has 4 nitrogen and oxygen atoms in total. The largest absolute Gasteiger partial charge is 0.500 e. The lowest BCUT2D eigenvalue weighted by Gasteiger charge is -2.21. The number of hydrogen-bond acceptors (Lipinski definition) is 4. The molecule has 0 saturated carbocycles. The normalized spacial score (nSPS) is 24.0. The Morgan fingerprint density at radius 3 is 2.56 bits per heavy atom. The summed E-state index contributed by atoms with van der Waals surface area (Å²) < 4.78 is 18.6. The maximum absolute atomic E-state index is 13.5. The molecule has 16 heavy (non-hydrogen) atoms. The van der Waals surface area contributed by atoms with Gasteiger partial charge in [0.1, 0.15) is 19.4 Å². The van der Waals surface area contributed by atoms with Crippen molar-refractivity contribution in [1.82, 2.24) is 0 Å². The molecule has 0 aromatic heterocycles. The topological polar surface area (TPSA) is 75.7 Å². The maximum Gasteiger partial charge on any atom is 0.251 e. The lowest BCUT2D eigenvalue weighted by molar-refractivity contribution is -0.166. The van der Waals surface area contributed by atoms with E-state index in [-0.39, 0.29) is 11.3 Å². The number of fused-ring (bicyclic) bond motifs is 1. The monoisotopic (exact) mass is 219 g/mol. The molecule has 0 fully saturated rings. The van der Waals surface area contributed by atoms with Gasteiger partial charge in [-0.2, -0.15) is 0 Å². The lowest BCUT2D eigenvalue weighted by Crippen LogP contribution is -2.38. The van der Waals surface area contributed by atoms with Gasteiger partial charge >= 0.3 is 0 Å².